The maximum Gasteiger partial charge on any atom is 0.181 e. The van der Waals surface area contributed by atoms with Gasteiger partial charge in [-0.25, -0.2) is 4.98 Å². The first kappa shape index (κ1) is 31.4. The van der Waals surface area contributed by atoms with Gasteiger partial charge >= 0.3 is 0 Å². The number of carbonyl (C=O) groups excluding carboxylic acids is 1. The van der Waals surface area contributed by atoms with E-state index in [1.165, 1.54) is 11.1 Å². The number of nitrogens with two attached hydrogens (primary N) is 2. The van der Waals surface area contributed by atoms with Crippen molar-refractivity contribution in [2.75, 3.05) is 0 Å². The van der Waals surface area contributed by atoms with E-state index in [9.17, 15) is 4.79 Å². The van der Waals surface area contributed by atoms with Gasteiger partial charge in [-0.3, -0.25) is 19.9 Å². The number of H-pyrrole nitrogens is 1. The number of hydrogen-bond acceptors (Lipinski definition) is 7. The van der Waals surface area contributed by atoms with Crippen LogP contribution in [-0.2, 0) is 0 Å². The molecular weight excluding hydrogens is 608 g/mol. The van der Waals surface area contributed by atoms with Gasteiger partial charge in [0, 0.05) is 40.2 Å². The number of aromatic amines is 1. The summed E-state index contributed by atoms with van der Waals surface area (Å²) in [5.74, 6) is 7.80. The van der Waals surface area contributed by atoms with Crippen molar-refractivity contribution in [2.45, 2.75) is 39.5 Å². The summed E-state index contributed by atoms with van der Waals surface area (Å²) in [5, 5.41) is 15.1. The molecule has 0 spiro atoms. The number of fused-ring (bicyclic) bond motifs is 2. The minimum atomic E-state index is 0.252. The van der Waals surface area contributed by atoms with Gasteiger partial charge in [-0.2, -0.15) is 10.2 Å². The lowest BCUT2D eigenvalue weighted by Crippen LogP contribution is -2.17. The van der Waals surface area contributed by atoms with Gasteiger partial charge in [0.15, 0.2) is 17.5 Å². The SMILES string of the molecule is CC(C)c1ccc(-c2n[nH]c(-c3nccc4ccccc34)n2)cc1.CC(C)c1ccc(C=O)cc1.N/N=C(\N)c1nccc2ccccc12.[3H][3H].[3H][3H]. The van der Waals surface area contributed by atoms with E-state index in [2.05, 4.69) is 94.3 Å². The standard InChI is InChI=1S/C20H18N4.C10H10N4.C10H12O.2H2/c1-13(2)14-7-9-16(10-8-14)19-22-20(24-23-19)18-17-6-4-3-5-15(17)11-12-21-18;11-10(14-12)9-8-4-2-1-3-7(8)5-6-13-9;1-8(2)10-5-3-9(7-11)4-6-10;;/h3-13H,1-2H3,(H,22,23,24);1-6H,12H2,(H2,11,14);3-8H,1-2H3;2*1H/i;;;2*1+2T. The molecule has 0 aliphatic carbocycles. The maximum atomic E-state index is 10.3. The summed E-state index contributed by atoms with van der Waals surface area (Å²) in [5.41, 5.74) is 11.4. The second kappa shape index (κ2) is 16.1. The third-order valence-corrected chi connectivity index (χ3v) is 8.01. The number of hydrazone groups is 1. The first-order valence-corrected chi connectivity index (χ1v) is 16.1. The number of aldehydes is 1. The number of carbonyl (C=O) groups is 1. The second-order valence-corrected chi connectivity index (χ2v) is 12.0. The third-order valence-electron chi connectivity index (χ3n) is 8.01. The van der Waals surface area contributed by atoms with Crippen molar-refractivity contribution >= 4 is 33.7 Å². The van der Waals surface area contributed by atoms with Crippen LogP contribution in [0.15, 0.2) is 127 Å². The van der Waals surface area contributed by atoms with Crippen molar-refractivity contribution in [2.24, 2.45) is 16.7 Å². The van der Waals surface area contributed by atoms with Gasteiger partial charge in [0.25, 0.3) is 0 Å². The lowest BCUT2D eigenvalue weighted by molar-refractivity contribution is 0.112. The van der Waals surface area contributed by atoms with Gasteiger partial charge in [-0.05, 0) is 45.9 Å². The second-order valence-electron chi connectivity index (χ2n) is 12.0. The number of aromatic nitrogens is 5. The van der Waals surface area contributed by atoms with E-state index in [1.807, 2.05) is 72.8 Å². The lowest BCUT2D eigenvalue weighted by Gasteiger charge is -2.04. The van der Waals surface area contributed by atoms with Crippen molar-refractivity contribution in [3.8, 4) is 22.9 Å². The predicted molar refractivity (Wildman–Crippen MR) is 203 cm³/mol. The van der Waals surface area contributed by atoms with Crippen molar-refractivity contribution in [1.29, 1.82) is 0 Å². The Morgan fingerprint density at radius 3 is 1.90 bits per heavy atom. The van der Waals surface area contributed by atoms with Crippen LogP contribution >= 0.6 is 0 Å². The summed E-state index contributed by atoms with van der Waals surface area (Å²) < 4.78 is 20.0. The minimum Gasteiger partial charge on any atom is -0.380 e. The van der Waals surface area contributed by atoms with Gasteiger partial charge in [-0.1, -0.05) is 125 Å². The quantitative estimate of drug-likeness (QED) is 0.0531. The van der Waals surface area contributed by atoms with Crippen LogP contribution in [-0.4, -0.2) is 37.3 Å². The molecule has 4 aromatic carbocycles. The van der Waals surface area contributed by atoms with Crippen LogP contribution in [0, 0.1) is 0 Å². The Kier molecular flexibility index (Phi) is 10.3. The Bertz CT molecular complexity index is 2180. The molecule has 9 heteroatoms. The molecule has 0 radical (unpaired) electrons. The summed E-state index contributed by atoms with van der Waals surface area (Å²) in [7, 11) is 0. The summed E-state index contributed by atoms with van der Waals surface area (Å²) >= 11 is 0. The molecule has 0 atom stereocenters. The van der Waals surface area contributed by atoms with E-state index < -0.39 is 0 Å². The van der Waals surface area contributed by atoms with Crippen LogP contribution < -0.4 is 11.6 Å². The number of nitrogens with one attached hydrogen (secondary N) is 1. The fourth-order valence-electron chi connectivity index (χ4n) is 5.17. The highest BCUT2D eigenvalue weighted by Crippen LogP contribution is 2.26. The number of benzene rings is 4. The summed E-state index contributed by atoms with van der Waals surface area (Å²) in [6.07, 6.45) is 4.36. The number of nitrogens with zero attached hydrogens (tertiary/aromatic N) is 5. The average Bonchev–Trinajstić information content (AvgIpc) is 3.72. The molecule has 7 aromatic rings. The Labute approximate surface area is 292 Å². The van der Waals surface area contributed by atoms with Gasteiger partial charge in [0.05, 0.1) is 0 Å². The van der Waals surface area contributed by atoms with Crippen LogP contribution in [0.5, 0.6) is 0 Å². The highest BCUT2D eigenvalue weighted by atomic mass is 16.1. The molecule has 0 aliphatic heterocycles. The van der Waals surface area contributed by atoms with Crippen molar-refractivity contribution in [3.05, 3.63) is 144 Å². The molecule has 7 rings (SSSR count). The van der Waals surface area contributed by atoms with E-state index in [4.69, 9.17) is 17.5 Å². The largest absolute Gasteiger partial charge is 0.380 e. The van der Waals surface area contributed by atoms with E-state index in [0.29, 0.717) is 29.2 Å². The van der Waals surface area contributed by atoms with E-state index in [1.54, 1.807) is 12.4 Å². The molecule has 3 heterocycles. The minimum absolute atomic E-state index is 0.252. The van der Waals surface area contributed by atoms with Crippen LogP contribution in [0.3, 0.4) is 0 Å². The molecule has 0 saturated heterocycles. The molecule has 3 aromatic heterocycles. The first-order valence-electron chi connectivity index (χ1n) is 18.1. The molecule has 0 aliphatic rings. The topological polar surface area (TPSA) is 149 Å². The van der Waals surface area contributed by atoms with Gasteiger partial charge in [0.1, 0.15) is 17.7 Å². The molecule has 0 saturated carbocycles. The molecule has 5 N–H and O–H groups in total. The molecular formula is C40H44N8O. The number of rotatable bonds is 6. The average molecular weight is 661 g/mol. The summed E-state index contributed by atoms with van der Waals surface area (Å²) in [6.45, 7) is 8.64. The molecule has 250 valence electrons. The van der Waals surface area contributed by atoms with E-state index >= 15 is 0 Å². The zero-order valence-corrected chi connectivity index (χ0v) is 28.1. The monoisotopic (exact) mass is 660 g/mol. The number of hydrogen-bond donors (Lipinski definition) is 3. The van der Waals surface area contributed by atoms with E-state index in [0.717, 1.165) is 44.7 Å². The first-order chi connectivity index (χ1) is 25.8. The van der Waals surface area contributed by atoms with Crippen LogP contribution in [0.4, 0.5) is 0 Å². The van der Waals surface area contributed by atoms with Gasteiger partial charge in [0.2, 0.25) is 0 Å². The fraction of sp³-hybridized carbons (Fsp3) is 0.150. The van der Waals surface area contributed by atoms with E-state index in [-0.39, 0.29) is 5.84 Å². The Hall–Kier alpha value is -6.22. The summed E-state index contributed by atoms with van der Waals surface area (Å²) in [4.78, 5) is 23.6. The van der Waals surface area contributed by atoms with Gasteiger partial charge < -0.3 is 11.6 Å². The molecule has 49 heavy (non-hydrogen) atoms. The Morgan fingerprint density at radius 1 is 0.755 bits per heavy atom. The highest BCUT2D eigenvalue weighted by molar-refractivity contribution is 6.07. The molecule has 0 bridgehead atoms. The normalized spacial score (nSPS) is 11.5. The fourth-order valence-corrected chi connectivity index (χ4v) is 5.17. The predicted octanol–water partition coefficient (Wildman–Crippen LogP) is 8.74. The smallest absolute Gasteiger partial charge is 0.181 e. The van der Waals surface area contributed by atoms with Crippen molar-refractivity contribution in [1.82, 2.24) is 25.1 Å². The van der Waals surface area contributed by atoms with Crippen LogP contribution in [0.25, 0.3) is 44.5 Å². The number of amidine groups is 1. The lowest BCUT2D eigenvalue weighted by atomic mass is 10.0. The van der Waals surface area contributed by atoms with Crippen molar-refractivity contribution in [3.63, 3.8) is 0 Å². The highest BCUT2D eigenvalue weighted by Gasteiger charge is 2.12. The van der Waals surface area contributed by atoms with Crippen molar-refractivity contribution < 1.29 is 10.7 Å². The number of pyridine rings is 2. The zero-order chi connectivity index (χ0) is 38.8. The molecule has 9 nitrogen and oxygen atoms in total. The molecule has 0 amide bonds. The molecule has 0 fully saturated rings. The van der Waals surface area contributed by atoms with Gasteiger partial charge in [-0.15, -0.1) is 0 Å². The molecule has 0 unspecified atom stereocenters. The Morgan fingerprint density at radius 2 is 1.31 bits per heavy atom. The Balaban J connectivity index is 0.000000222. The van der Waals surface area contributed by atoms with Crippen LogP contribution in [0.1, 0.15) is 72.6 Å². The summed E-state index contributed by atoms with van der Waals surface area (Å²) in [6, 6.07) is 36.0. The van der Waals surface area contributed by atoms with Crippen LogP contribution in [0.2, 0.25) is 0 Å². The third kappa shape index (κ3) is 8.39. The maximum absolute atomic E-state index is 10.3. The zero-order valence-electron chi connectivity index (χ0n) is 32.1.